The van der Waals surface area contributed by atoms with Gasteiger partial charge in [-0.25, -0.2) is 14.8 Å². The Labute approximate surface area is 241 Å². The first kappa shape index (κ1) is 28.2. The Morgan fingerprint density at radius 1 is 1.22 bits per heavy atom. The molecule has 3 N–H and O–H groups in total. The van der Waals surface area contributed by atoms with E-state index < -0.39 is 11.4 Å². The van der Waals surface area contributed by atoms with E-state index in [2.05, 4.69) is 14.9 Å². The molecule has 0 bridgehead atoms. The van der Waals surface area contributed by atoms with Crippen molar-refractivity contribution in [3.8, 4) is 17.3 Å². The summed E-state index contributed by atoms with van der Waals surface area (Å²) in [7, 11) is 3.76. The molecule has 5 rings (SSSR count). The molecule has 0 saturated carbocycles. The van der Waals surface area contributed by atoms with Crippen molar-refractivity contribution in [3.63, 3.8) is 0 Å². The monoisotopic (exact) mass is 578 g/mol. The molecule has 4 heterocycles. The summed E-state index contributed by atoms with van der Waals surface area (Å²) in [6, 6.07) is 10.6. The molecule has 1 atom stereocenters. The fourth-order valence-electron chi connectivity index (χ4n) is 4.97. The molecule has 12 heteroatoms. The third kappa shape index (κ3) is 5.77. The number of anilines is 2. The van der Waals surface area contributed by atoms with Crippen molar-refractivity contribution in [1.29, 1.82) is 0 Å². The number of nitrogens with two attached hydrogens (primary N) is 1. The lowest BCUT2D eigenvalue weighted by Gasteiger charge is -2.28. The summed E-state index contributed by atoms with van der Waals surface area (Å²) in [5.74, 6) is 0.343. The van der Waals surface area contributed by atoms with Crippen LogP contribution in [0.3, 0.4) is 0 Å². The minimum atomic E-state index is -1.31. The molecule has 0 amide bonds. The van der Waals surface area contributed by atoms with Crippen LogP contribution in [0.25, 0.3) is 16.6 Å². The van der Waals surface area contributed by atoms with E-state index in [9.17, 15) is 14.7 Å². The van der Waals surface area contributed by atoms with E-state index in [0.717, 1.165) is 30.9 Å². The molecular formula is C29H31ClN6O5. The van der Waals surface area contributed by atoms with Gasteiger partial charge in [0.1, 0.15) is 24.6 Å². The number of fused-ring (bicyclic) bond motifs is 1. The number of carboxylic acid groups (broad SMARTS) is 1. The summed E-state index contributed by atoms with van der Waals surface area (Å²) in [6.07, 6.45) is 6.40. The molecule has 4 aromatic rings. The summed E-state index contributed by atoms with van der Waals surface area (Å²) in [5, 5.41) is 10.3. The molecule has 0 radical (unpaired) electrons. The Balaban J connectivity index is 1.53. The Morgan fingerprint density at radius 3 is 2.76 bits per heavy atom. The third-order valence-corrected chi connectivity index (χ3v) is 7.28. The molecular weight excluding hydrogens is 548 g/mol. The summed E-state index contributed by atoms with van der Waals surface area (Å²) in [5.41, 5.74) is 6.47. The average Bonchev–Trinajstić information content (AvgIpc) is 3.44. The van der Waals surface area contributed by atoms with E-state index in [0.29, 0.717) is 47.6 Å². The topological polar surface area (TPSA) is 136 Å². The van der Waals surface area contributed by atoms with Crippen molar-refractivity contribution in [1.82, 2.24) is 14.5 Å². The first-order valence-electron chi connectivity index (χ1n) is 13.2. The summed E-state index contributed by atoms with van der Waals surface area (Å²) < 4.78 is 13.4. The Kier molecular flexibility index (Phi) is 8.27. The highest BCUT2D eigenvalue weighted by atomic mass is 35.5. The van der Waals surface area contributed by atoms with Gasteiger partial charge in [0.25, 0.3) is 5.88 Å². The molecule has 1 aromatic carbocycles. The van der Waals surface area contributed by atoms with Crippen molar-refractivity contribution in [3.05, 3.63) is 75.8 Å². The van der Waals surface area contributed by atoms with Crippen LogP contribution in [-0.4, -0.2) is 72.1 Å². The summed E-state index contributed by atoms with van der Waals surface area (Å²) in [4.78, 5) is 37.9. The molecule has 0 aliphatic carbocycles. The third-order valence-electron chi connectivity index (χ3n) is 6.98. The number of pyridine rings is 3. The Morgan fingerprint density at radius 2 is 2.05 bits per heavy atom. The van der Waals surface area contributed by atoms with Gasteiger partial charge in [0.15, 0.2) is 5.75 Å². The number of aromatic carboxylic acids is 1. The van der Waals surface area contributed by atoms with Crippen LogP contribution in [-0.2, 0) is 0 Å². The molecule has 41 heavy (non-hydrogen) atoms. The SMILES string of the molecule is CN(C)c1ccc(-n2cc(C(=O)O)c(=O)c3cc(Cl)c(N4CCC[C@@H]4COc4ncccc4OCCN)cc32)cn1. The van der Waals surface area contributed by atoms with Crippen molar-refractivity contribution in [2.24, 2.45) is 5.73 Å². The second-order valence-corrected chi connectivity index (χ2v) is 10.3. The van der Waals surface area contributed by atoms with Crippen LogP contribution in [0.2, 0.25) is 5.02 Å². The smallest absolute Gasteiger partial charge is 0.341 e. The quantitative estimate of drug-likeness (QED) is 0.287. The number of hydrogen-bond donors (Lipinski definition) is 2. The van der Waals surface area contributed by atoms with Gasteiger partial charge in [-0.1, -0.05) is 11.6 Å². The lowest BCUT2D eigenvalue weighted by molar-refractivity contribution is 0.0695. The van der Waals surface area contributed by atoms with Crippen molar-refractivity contribution in [2.75, 3.05) is 50.2 Å². The first-order chi connectivity index (χ1) is 19.8. The van der Waals surface area contributed by atoms with Gasteiger partial charge in [0.2, 0.25) is 5.43 Å². The number of benzene rings is 1. The minimum absolute atomic E-state index is 0.0196. The van der Waals surface area contributed by atoms with Crippen LogP contribution >= 0.6 is 11.6 Å². The summed E-state index contributed by atoms with van der Waals surface area (Å²) in [6.45, 7) is 1.79. The number of carbonyl (C=O) groups is 1. The molecule has 1 aliphatic rings. The zero-order valence-electron chi connectivity index (χ0n) is 22.8. The number of halogens is 1. The van der Waals surface area contributed by atoms with Crippen LogP contribution in [0.15, 0.2) is 59.8 Å². The summed E-state index contributed by atoms with van der Waals surface area (Å²) >= 11 is 6.77. The number of carboxylic acids is 1. The van der Waals surface area contributed by atoms with E-state index in [4.69, 9.17) is 26.8 Å². The molecule has 3 aromatic heterocycles. The Hall–Kier alpha value is -4.35. The van der Waals surface area contributed by atoms with Gasteiger partial charge in [-0.3, -0.25) is 4.79 Å². The van der Waals surface area contributed by atoms with E-state index in [1.165, 1.54) is 6.20 Å². The van der Waals surface area contributed by atoms with E-state index in [1.807, 2.05) is 37.2 Å². The standard InChI is InChI=1S/C29H31ClN6O5/c1-34(2)26-8-7-18(15-33-26)36-16-21(29(38)39)27(37)20-13-22(30)24(14-23(20)36)35-11-4-5-19(35)17-41-28-25(40-12-9-31)6-3-10-32-28/h3,6-8,10,13-16,19H,4-5,9,11-12,17,31H2,1-2H3,(H,38,39)/t19-/m1/s1. The molecule has 0 spiro atoms. The fourth-order valence-corrected chi connectivity index (χ4v) is 5.24. The van der Waals surface area contributed by atoms with Gasteiger partial charge < -0.3 is 34.7 Å². The number of rotatable bonds is 10. The lowest BCUT2D eigenvalue weighted by atomic mass is 10.1. The number of nitrogens with zero attached hydrogens (tertiary/aromatic N) is 5. The largest absolute Gasteiger partial charge is 0.487 e. The molecule has 214 valence electrons. The minimum Gasteiger partial charge on any atom is -0.487 e. The lowest BCUT2D eigenvalue weighted by Crippen LogP contribution is -2.34. The van der Waals surface area contributed by atoms with E-state index in [-0.39, 0.29) is 17.0 Å². The highest BCUT2D eigenvalue weighted by molar-refractivity contribution is 6.34. The zero-order chi connectivity index (χ0) is 29.1. The second-order valence-electron chi connectivity index (χ2n) is 9.88. The molecule has 11 nitrogen and oxygen atoms in total. The highest BCUT2D eigenvalue weighted by Gasteiger charge is 2.29. The normalized spacial score (nSPS) is 14.8. The van der Waals surface area contributed by atoms with Crippen LogP contribution in [0.4, 0.5) is 11.5 Å². The molecule has 1 saturated heterocycles. The van der Waals surface area contributed by atoms with E-state index >= 15 is 0 Å². The van der Waals surface area contributed by atoms with Crippen LogP contribution in [0.5, 0.6) is 11.6 Å². The number of aromatic nitrogens is 3. The maximum Gasteiger partial charge on any atom is 0.341 e. The predicted molar refractivity (Wildman–Crippen MR) is 158 cm³/mol. The van der Waals surface area contributed by atoms with E-state index in [1.54, 1.807) is 35.2 Å². The van der Waals surface area contributed by atoms with Crippen LogP contribution in [0, 0.1) is 0 Å². The van der Waals surface area contributed by atoms with Gasteiger partial charge in [0, 0.05) is 45.0 Å². The highest BCUT2D eigenvalue weighted by Crippen LogP contribution is 2.36. The van der Waals surface area contributed by atoms with Gasteiger partial charge in [-0.15, -0.1) is 0 Å². The fraction of sp³-hybridized carbons (Fsp3) is 0.310. The maximum absolute atomic E-state index is 13.2. The molecule has 1 fully saturated rings. The number of hydrogen-bond acceptors (Lipinski definition) is 9. The first-order valence-corrected chi connectivity index (χ1v) is 13.6. The van der Waals surface area contributed by atoms with Gasteiger partial charge in [-0.2, -0.15) is 0 Å². The van der Waals surface area contributed by atoms with Crippen molar-refractivity contribution >= 4 is 40.0 Å². The number of ether oxygens (including phenoxy) is 2. The van der Waals surface area contributed by atoms with Crippen molar-refractivity contribution < 1.29 is 19.4 Å². The van der Waals surface area contributed by atoms with Crippen molar-refractivity contribution in [2.45, 2.75) is 18.9 Å². The zero-order valence-corrected chi connectivity index (χ0v) is 23.5. The average molecular weight is 579 g/mol. The van der Waals surface area contributed by atoms with Gasteiger partial charge in [0.05, 0.1) is 34.2 Å². The maximum atomic E-state index is 13.2. The second kappa shape index (κ2) is 12.0. The van der Waals surface area contributed by atoms with Crippen LogP contribution in [0.1, 0.15) is 23.2 Å². The van der Waals surface area contributed by atoms with Gasteiger partial charge in [-0.05, 0) is 49.2 Å². The Bertz CT molecular complexity index is 1630. The van der Waals surface area contributed by atoms with Crippen LogP contribution < -0.4 is 30.4 Å². The molecule has 0 unspecified atom stereocenters. The van der Waals surface area contributed by atoms with Gasteiger partial charge >= 0.3 is 5.97 Å². The predicted octanol–water partition coefficient (Wildman–Crippen LogP) is 3.58. The molecule has 1 aliphatic heterocycles.